The summed E-state index contributed by atoms with van der Waals surface area (Å²) < 4.78 is 7.96. The van der Waals surface area contributed by atoms with Crippen LogP contribution >= 0.6 is 0 Å². The van der Waals surface area contributed by atoms with Crippen molar-refractivity contribution < 1.29 is 9.53 Å². The SMILES string of the molecule is CC(=O)c1c(-c2ccc(OCCN(C)C)cc2)c(-c2ccccc2)n2ccccc12. The summed E-state index contributed by atoms with van der Waals surface area (Å²) in [4.78, 5) is 14.8. The van der Waals surface area contributed by atoms with Gasteiger partial charge in [-0.3, -0.25) is 4.79 Å². The highest BCUT2D eigenvalue weighted by Crippen LogP contribution is 2.40. The molecule has 4 nitrogen and oxygen atoms in total. The number of ketones is 1. The number of fused-ring (bicyclic) bond motifs is 1. The van der Waals surface area contributed by atoms with Crippen LogP contribution in [0.25, 0.3) is 27.9 Å². The second-order valence-corrected chi connectivity index (χ2v) is 7.65. The first-order valence-corrected chi connectivity index (χ1v) is 10.1. The Balaban J connectivity index is 1.86. The highest BCUT2D eigenvalue weighted by molar-refractivity contribution is 6.11. The molecule has 0 N–H and O–H groups in total. The van der Waals surface area contributed by atoms with E-state index in [4.69, 9.17) is 4.74 Å². The predicted octanol–water partition coefficient (Wildman–Crippen LogP) is 5.42. The molecule has 4 aromatic rings. The largest absolute Gasteiger partial charge is 0.492 e. The van der Waals surface area contributed by atoms with E-state index >= 15 is 0 Å². The van der Waals surface area contributed by atoms with Crippen LogP contribution < -0.4 is 4.74 Å². The zero-order valence-corrected chi connectivity index (χ0v) is 17.6. The van der Waals surface area contributed by atoms with Crippen molar-refractivity contribution in [2.24, 2.45) is 0 Å². The molecule has 4 heteroatoms. The molecule has 0 aliphatic rings. The summed E-state index contributed by atoms with van der Waals surface area (Å²) >= 11 is 0. The lowest BCUT2D eigenvalue weighted by atomic mass is 9.95. The van der Waals surface area contributed by atoms with Crippen molar-refractivity contribution in [3.8, 4) is 28.1 Å². The van der Waals surface area contributed by atoms with Gasteiger partial charge in [-0.1, -0.05) is 48.5 Å². The molecule has 0 atom stereocenters. The van der Waals surface area contributed by atoms with Gasteiger partial charge in [0.25, 0.3) is 0 Å². The summed E-state index contributed by atoms with van der Waals surface area (Å²) in [5.41, 5.74) is 5.73. The van der Waals surface area contributed by atoms with Gasteiger partial charge in [0, 0.05) is 18.3 Å². The lowest BCUT2D eigenvalue weighted by molar-refractivity contribution is 0.102. The molecule has 0 radical (unpaired) electrons. The second-order valence-electron chi connectivity index (χ2n) is 7.65. The number of ether oxygens (including phenoxy) is 1. The molecule has 0 spiro atoms. The van der Waals surface area contributed by atoms with E-state index in [1.165, 1.54) is 0 Å². The topological polar surface area (TPSA) is 34.0 Å². The maximum absolute atomic E-state index is 12.7. The van der Waals surface area contributed by atoms with Gasteiger partial charge in [0.15, 0.2) is 5.78 Å². The smallest absolute Gasteiger partial charge is 0.162 e. The number of carbonyl (C=O) groups is 1. The molecule has 152 valence electrons. The molecule has 0 fully saturated rings. The molecule has 30 heavy (non-hydrogen) atoms. The molecule has 0 bridgehead atoms. The van der Waals surface area contributed by atoms with E-state index in [0.717, 1.165) is 45.8 Å². The van der Waals surface area contributed by atoms with E-state index in [0.29, 0.717) is 6.61 Å². The molecule has 4 rings (SSSR count). The van der Waals surface area contributed by atoms with E-state index in [2.05, 4.69) is 21.4 Å². The molecular formula is C26H26N2O2. The number of rotatable bonds is 7. The van der Waals surface area contributed by atoms with E-state index in [1.807, 2.05) is 81.0 Å². The molecule has 2 aromatic carbocycles. The molecule has 0 saturated heterocycles. The number of aromatic nitrogens is 1. The van der Waals surface area contributed by atoms with Gasteiger partial charge in [-0.2, -0.15) is 0 Å². The molecule has 0 amide bonds. The highest BCUT2D eigenvalue weighted by Gasteiger charge is 2.23. The fourth-order valence-corrected chi connectivity index (χ4v) is 3.79. The number of hydrogen-bond acceptors (Lipinski definition) is 3. The van der Waals surface area contributed by atoms with Crippen molar-refractivity contribution in [1.82, 2.24) is 9.30 Å². The van der Waals surface area contributed by atoms with E-state index in [1.54, 1.807) is 6.92 Å². The average molecular weight is 399 g/mol. The minimum absolute atomic E-state index is 0.0576. The van der Waals surface area contributed by atoms with Crippen molar-refractivity contribution in [3.63, 3.8) is 0 Å². The van der Waals surface area contributed by atoms with Crippen molar-refractivity contribution in [2.45, 2.75) is 6.92 Å². The van der Waals surface area contributed by atoms with E-state index in [-0.39, 0.29) is 5.78 Å². The number of hydrogen-bond donors (Lipinski definition) is 0. The third-order valence-corrected chi connectivity index (χ3v) is 5.19. The Morgan fingerprint density at radius 1 is 0.900 bits per heavy atom. The fourth-order valence-electron chi connectivity index (χ4n) is 3.79. The van der Waals surface area contributed by atoms with Crippen LogP contribution in [-0.4, -0.2) is 42.3 Å². The van der Waals surface area contributed by atoms with Crippen molar-refractivity contribution in [3.05, 3.63) is 84.6 Å². The summed E-state index contributed by atoms with van der Waals surface area (Å²) in [5.74, 6) is 0.886. The summed E-state index contributed by atoms with van der Waals surface area (Å²) in [7, 11) is 4.05. The second kappa shape index (κ2) is 8.56. The number of nitrogens with zero attached hydrogens (tertiary/aromatic N) is 2. The molecule has 0 saturated carbocycles. The maximum Gasteiger partial charge on any atom is 0.162 e. The van der Waals surface area contributed by atoms with Crippen molar-refractivity contribution in [1.29, 1.82) is 0 Å². The Morgan fingerprint density at radius 3 is 2.27 bits per heavy atom. The van der Waals surface area contributed by atoms with Crippen LogP contribution in [0.2, 0.25) is 0 Å². The molecule has 0 aliphatic heterocycles. The summed E-state index contributed by atoms with van der Waals surface area (Å²) in [6, 6.07) is 24.2. The van der Waals surface area contributed by atoms with Crippen molar-refractivity contribution in [2.75, 3.05) is 27.2 Å². The van der Waals surface area contributed by atoms with Gasteiger partial charge in [-0.15, -0.1) is 0 Å². The Kier molecular flexibility index (Phi) is 5.68. The molecule has 2 heterocycles. The molecular weight excluding hydrogens is 372 g/mol. The van der Waals surface area contributed by atoms with Crippen LogP contribution in [0.3, 0.4) is 0 Å². The normalized spacial score (nSPS) is 11.2. The molecule has 2 aromatic heterocycles. The third-order valence-electron chi connectivity index (χ3n) is 5.19. The van der Waals surface area contributed by atoms with Gasteiger partial charge in [-0.25, -0.2) is 0 Å². The summed E-state index contributed by atoms with van der Waals surface area (Å²) in [6.07, 6.45) is 2.02. The Hall–Kier alpha value is -3.37. The highest BCUT2D eigenvalue weighted by atomic mass is 16.5. The Bertz CT molecular complexity index is 1160. The fraction of sp³-hybridized carbons (Fsp3) is 0.192. The van der Waals surface area contributed by atoms with Crippen LogP contribution in [0.15, 0.2) is 79.0 Å². The zero-order chi connectivity index (χ0) is 21.1. The Morgan fingerprint density at radius 2 is 1.60 bits per heavy atom. The minimum Gasteiger partial charge on any atom is -0.492 e. The van der Waals surface area contributed by atoms with Crippen LogP contribution in [0.4, 0.5) is 0 Å². The number of Topliss-reactive ketones (excluding diaryl/α,β-unsaturated/α-hetero) is 1. The van der Waals surface area contributed by atoms with Crippen LogP contribution in [0, 0.1) is 0 Å². The third kappa shape index (κ3) is 3.87. The van der Waals surface area contributed by atoms with Crippen LogP contribution in [-0.2, 0) is 0 Å². The quantitative estimate of drug-likeness (QED) is 0.390. The molecule has 0 unspecified atom stereocenters. The van der Waals surface area contributed by atoms with Crippen LogP contribution in [0.5, 0.6) is 5.75 Å². The first-order valence-electron chi connectivity index (χ1n) is 10.1. The van der Waals surface area contributed by atoms with E-state index < -0.39 is 0 Å². The predicted molar refractivity (Wildman–Crippen MR) is 122 cm³/mol. The minimum atomic E-state index is 0.0576. The van der Waals surface area contributed by atoms with Gasteiger partial charge in [0.05, 0.1) is 16.8 Å². The van der Waals surface area contributed by atoms with Crippen molar-refractivity contribution >= 4 is 11.3 Å². The maximum atomic E-state index is 12.7. The van der Waals surface area contributed by atoms with Gasteiger partial charge in [0.2, 0.25) is 0 Å². The average Bonchev–Trinajstić information content (AvgIpc) is 3.10. The Labute approximate surface area is 177 Å². The molecule has 0 aliphatic carbocycles. The summed E-state index contributed by atoms with van der Waals surface area (Å²) in [5, 5.41) is 0. The first-order chi connectivity index (χ1) is 14.6. The van der Waals surface area contributed by atoms with Gasteiger partial charge in [0.1, 0.15) is 12.4 Å². The van der Waals surface area contributed by atoms with E-state index in [9.17, 15) is 4.79 Å². The van der Waals surface area contributed by atoms with Gasteiger partial charge < -0.3 is 14.0 Å². The zero-order valence-electron chi connectivity index (χ0n) is 17.6. The lowest BCUT2D eigenvalue weighted by Crippen LogP contribution is -2.19. The first kappa shape index (κ1) is 19.9. The lowest BCUT2D eigenvalue weighted by Gasteiger charge is -2.12. The number of carbonyl (C=O) groups excluding carboxylic acids is 1. The van der Waals surface area contributed by atoms with Gasteiger partial charge >= 0.3 is 0 Å². The van der Waals surface area contributed by atoms with Crippen LogP contribution in [0.1, 0.15) is 17.3 Å². The standard InChI is InChI=1S/C26H26N2O2/c1-19(29)24-23-11-7-8-16-28(23)26(21-9-5-4-6-10-21)25(24)20-12-14-22(15-13-20)30-18-17-27(2)3/h4-16H,17-18H2,1-3H3. The summed E-state index contributed by atoms with van der Waals surface area (Å²) in [6.45, 7) is 3.13. The number of benzene rings is 2. The monoisotopic (exact) mass is 398 g/mol. The van der Waals surface area contributed by atoms with Gasteiger partial charge in [-0.05, 0) is 56.4 Å². The number of pyridine rings is 1. The number of likely N-dealkylation sites (N-methyl/N-ethyl adjacent to an activating group) is 1.